The molecule has 0 atom stereocenters. The molecule has 0 saturated heterocycles. The standard InChI is InChI=1S/C11H13N3O3S/c1-7-6-18-11(8(7)2)17-5-9-12-4-10(13(9)3)14(15)16/h4,6H,5H2,1-3H3. The fraction of sp³-hybridized carbons (Fsp3) is 0.364. The third-order valence-corrected chi connectivity index (χ3v) is 3.93. The van der Waals surface area contributed by atoms with Gasteiger partial charge >= 0.3 is 5.82 Å². The SMILES string of the molecule is Cc1csc(OCc2ncc([N+](=O)[O-])n2C)c1C. The Morgan fingerprint density at radius 3 is 2.78 bits per heavy atom. The van der Waals surface area contributed by atoms with Gasteiger partial charge in [-0.25, -0.2) is 9.55 Å². The van der Waals surface area contributed by atoms with Gasteiger partial charge in [0.15, 0.2) is 11.7 Å². The quantitative estimate of drug-likeness (QED) is 0.630. The van der Waals surface area contributed by atoms with Crippen LogP contribution in [-0.2, 0) is 13.7 Å². The van der Waals surface area contributed by atoms with Crippen LogP contribution < -0.4 is 4.74 Å². The first kappa shape index (κ1) is 12.6. The van der Waals surface area contributed by atoms with Crippen molar-refractivity contribution in [2.75, 3.05) is 0 Å². The number of imidazole rings is 1. The van der Waals surface area contributed by atoms with Gasteiger partial charge in [0.1, 0.15) is 6.20 Å². The van der Waals surface area contributed by atoms with Gasteiger partial charge in [-0.15, -0.1) is 11.3 Å². The van der Waals surface area contributed by atoms with Gasteiger partial charge in [-0.05, 0) is 29.7 Å². The minimum Gasteiger partial charge on any atom is -0.473 e. The van der Waals surface area contributed by atoms with E-state index in [4.69, 9.17) is 4.74 Å². The zero-order chi connectivity index (χ0) is 13.3. The third kappa shape index (κ3) is 2.21. The fourth-order valence-corrected chi connectivity index (χ4v) is 2.42. The van der Waals surface area contributed by atoms with E-state index >= 15 is 0 Å². The van der Waals surface area contributed by atoms with E-state index in [0.29, 0.717) is 5.82 Å². The molecule has 18 heavy (non-hydrogen) atoms. The molecule has 0 aromatic carbocycles. The number of aryl methyl sites for hydroxylation is 1. The summed E-state index contributed by atoms with van der Waals surface area (Å²) < 4.78 is 7.06. The van der Waals surface area contributed by atoms with Crippen molar-refractivity contribution in [3.05, 3.63) is 38.6 Å². The highest BCUT2D eigenvalue weighted by Crippen LogP contribution is 2.29. The number of rotatable bonds is 4. The first-order valence-electron chi connectivity index (χ1n) is 5.33. The summed E-state index contributed by atoms with van der Waals surface area (Å²) in [6.07, 6.45) is 1.24. The molecule has 2 rings (SSSR count). The Bertz CT molecular complexity index is 588. The number of ether oxygens (including phenoxy) is 1. The van der Waals surface area contributed by atoms with Crippen molar-refractivity contribution in [1.29, 1.82) is 0 Å². The summed E-state index contributed by atoms with van der Waals surface area (Å²) in [5, 5.41) is 13.5. The molecule has 0 spiro atoms. The number of nitrogens with zero attached hydrogens (tertiary/aromatic N) is 3. The highest BCUT2D eigenvalue weighted by atomic mass is 32.1. The van der Waals surface area contributed by atoms with Crippen molar-refractivity contribution in [3.8, 4) is 5.06 Å². The van der Waals surface area contributed by atoms with Crippen molar-refractivity contribution < 1.29 is 9.66 Å². The third-order valence-electron chi connectivity index (χ3n) is 2.82. The summed E-state index contributed by atoms with van der Waals surface area (Å²) in [4.78, 5) is 14.2. The number of nitro groups is 1. The number of hydrogen-bond donors (Lipinski definition) is 0. The second-order valence-corrected chi connectivity index (χ2v) is 4.81. The van der Waals surface area contributed by atoms with E-state index in [0.717, 1.165) is 10.6 Å². The predicted octanol–water partition coefficient (Wildman–Crippen LogP) is 2.59. The lowest BCUT2D eigenvalue weighted by Gasteiger charge is -2.03. The van der Waals surface area contributed by atoms with Crippen LogP contribution in [0.25, 0.3) is 0 Å². The number of thiophene rings is 1. The van der Waals surface area contributed by atoms with E-state index in [-0.39, 0.29) is 12.4 Å². The largest absolute Gasteiger partial charge is 0.473 e. The molecule has 0 aliphatic carbocycles. The van der Waals surface area contributed by atoms with Crippen molar-refractivity contribution in [2.24, 2.45) is 7.05 Å². The lowest BCUT2D eigenvalue weighted by atomic mass is 10.2. The first-order chi connectivity index (χ1) is 8.50. The van der Waals surface area contributed by atoms with E-state index in [1.54, 1.807) is 7.05 Å². The second kappa shape index (κ2) is 4.77. The Kier molecular flexibility index (Phi) is 3.33. The van der Waals surface area contributed by atoms with Gasteiger partial charge in [0.2, 0.25) is 5.82 Å². The summed E-state index contributed by atoms with van der Waals surface area (Å²) in [6, 6.07) is 0. The van der Waals surface area contributed by atoms with Crippen LogP contribution in [0.5, 0.6) is 5.06 Å². The molecule has 2 heterocycles. The highest BCUT2D eigenvalue weighted by molar-refractivity contribution is 7.12. The lowest BCUT2D eigenvalue weighted by Crippen LogP contribution is -2.05. The average molecular weight is 267 g/mol. The van der Waals surface area contributed by atoms with Crippen molar-refractivity contribution in [3.63, 3.8) is 0 Å². The molecule has 7 heteroatoms. The normalized spacial score (nSPS) is 10.6. The zero-order valence-electron chi connectivity index (χ0n) is 10.3. The molecule has 6 nitrogen and oxygen atoms in total. The van der Waals surface area contributed by atoms with Crippen molar-refractivity contribution >= 4 is 17.2 Å². The van der Waals surface area contributed by atoms with Gasteiger partial charge in [-0.1, -0.05) is 0 Å². The van der Waals surface area contributed by atoms with Gasteiger partial charge in [0.25, 0.3) is 0 Å². The molecule has 96 valence electrons. The summed E-state index contributed by atoms with van der Waals surface area (Å²) >= 11 is 1.52. The molecule has 2 aromatic heterocycles. The first-order valence-corrected chi connectivity index (χ1v) is 6.21. The maximum atomic E-state index is 10.7. The van der Waals surface area contributed by atoms with Crippen LogP contribution in [0, 0.1) is 24.0 Å². The molecule has 0 radical (unpaired) electrons. The Morgan fingerprint density at radius 2 is 2.28 bits per heavy atom. The molecule has 0 unspecified atom stereocenters. The Hall–Kier alpha value is -1.89. The van der Waals surface area contributed by atoms with Crippen LogP contribution in [0.4, 0.5) is 5.82 Å². The van der Waals surface area contributed by atoms with E-state index in [2.05, 4.69) is 4.98 Å². The topological polar surface area (TPSA) is 70.2 Å². The summed E-state index contributed by atoms with van der Waals surface area (Å²) in [7, 11) is 1.61. The summed E-state index contributed by atoms with van der Waals surface area (Å²) in [6.45, 7) is 4.23. The minimum absolute atomic E-state index is 0.0346. The minimum atomic E-state index is -0.461. The molecule has 0 aliphatic rings. The van der Waals surface area contributed by atoms with Crippen LogP contribution in [0.3, 0.4) is 0 Å². The van der Waals surface area contributed by atoms with E-state index in [1.807, 2.05) is 19.2 Å². The van der Waals surface area contributed by atoms with Gasteiger partial charge in [-0.2, -0.15) is 0 Å². The zero-order valence-corrected chi connectivity index (χ0v) is 11.2. The van der Waals surface area contributed by atoms with Gasteiger partial charge in [-0.3, -0.25) is 0 Å². The van der Waals surface area contributed by atoms with Crippen LogP contribution in [0.2, 0.25) is 0 Å². The Labute approximate surface area is 108 Å². The molecule has 0 fully saturated rings. The average Bonchev–Trinajstić information content (AvgIpc) is 2.83. The predicted molar refractivity (Wildman–Crippen MR) is 68.0 cm³/mol. The molecule has 2 aromatic rings. The van der Waals surface area contributed by atoms with Crippen LogP contribution in [0.15, 0.2) is 11.6 Å². The molecule has 0 N–H and O–H groups in total. The van der Waals surface area contributed by atoms with Gasteiger partial charge in [0, 0.05) is 5.56 Å². The van der Waals surface area contributed by atoms with E-state index in [9.17, 15) is 10.1 Å². The number of hydrogen-bond acceptors (Lipinski definition) is 5. The van der Waals surface area contributed by atoms with Crippen LogP contribution >= 0.6 is 11.3 Å². The van der Waals surface area contributed by atoms with E-state index in [1.165, 1.54) is 27.7 Å². The maximum absolute atomic E-state index is 10.7. The Balaban J connectivity index is 2.11. The van der Waals surface area contributed by atoms with Crippen LogP contribution in [-0.4, -0.2) is 14.5 Å². The van der Waals surface area contributed by atoms with Gasteiger partial charge in [0.05, 0.1) is 7.05 Å². The fourth-order valence-electron chi connectivity index (χ4n) is 1.49. The summed E-state index contributed by atoms with van der Waals surface area (Å²) in [5.74, 6) is 0.500. The Morgan fingerprint density at radius 1 is 1.56 bits per heavy atom. The molecule has 0 amide bonds. The molecular weight excluding hydrogens is 254 g/mol. The van der Waals surface area contributed by atoms with Crippen LogP contribution in [0.1, 0.15) is 17.0 Å². The maximum Gasteiger partial charge on any atom is 0.342 e. The molecular formula is C11H13N3O3S. The smallest absolute Gasteiger partial charge is 0.342 e. The molecule has 0 aliphatic heterocycles. The molecule has 0 saturated carbocycles. The highest BCUT2D eigenvalue weighted by Gasteiger charge is 2.17. The van der Waals surface area contributed by atoms with Gasteiger partial charge < -0.3 is 14.9 Å². The van der Waals surface area contributed by atoms with Crippen molar-refractivity contribution in [1.82, 2.24) is 9.55 Å². The summed E-state index contributed by atoms with van der Waals surface area (Å²) in [5.41, 5.74) is 2.28. The monoisotopic (exact) mass is 267 g/mol. The second-order valence-electron chi connectivity index (χ2n) is 3.97. The molecule has 0 bridgehead atoms. The lowest BCUT2D eigenvalue weighted by molar-refractivity contribution is -0.391. The number of aromatic nitrogens is 2. The van der Waals surface area contributed by atoms with E-state index < -0.39 is 4.92 Å². The van der Waals surface area contributed by atoms with Crippen molar-refractivity contribution in [2.45, 2.75) is 20.5 Å².